The molecular weight excluding hydrogens is 116 g/mol. The van der Waals surface area contributed by atoms with Crippen LogP contribution in [0.25, 0.3) is 0 Å². The van der Waals surface area contributed by atoms with Crippen LogP contribution in [-0.2, 0) is 3.98 Å². The fourth-order valence-corrected chi connectivity index (χ4v) is 0. The third-order valence-corrected chi connectivity index (χ3v) is 2.08. The van der Waals surface area contributed by atoms with E-state index in [2.05, 4.69) is 3.98 Å². The van der Waals surface area contributed by atoms with Crippen LogP contribution in [-0.4, -0.2) is 8.32 Å². The lowest BCUT2D eigenvalue weighted by Gasteiger charge is -2.06. The van der Waals surface area contributed by atoms with Crippen molar-refractivity contribution < 1.29 is 3.98 Å². The van der Waals surface area contributed by atoms with Crippen LogP contribution in [0.5, 0.6) is 0 Å². The minimum absolute atomic E-state index is 1.37. The summed E-state index contributed by atoms with van der Waals surface area (Å²) in [5, 5.41) is 0. The van der Waals surface area contributed by atoms with Gasteiger partial charge >= 0.3 is 0 Å². The van der Waals surface area contributed by atoms with E-state index >= 15 is 0 Å². The Kier molecular flexibility index (Phi) is 2.11. The van der Waals surface area contributed by atoms with Crippen LogP contribution in [0.3, 0.4) is 0 Å². The molecule has 0 aliphatic heterocycles. The van der Waals surface area contributed by atoms with Gasteiger partial charge in [0.2, 0.25) is 8.32 Å². The molecule has 0 amide bonds. The molecule has 0 aromatic rings. The Morgan fingerprint density at radius 2 is 1.50 bits per heavy atom. The second kappa shape index (κ2) is 1.96. The third kappa shape index (κ3) is 4.47. The highest BCUT2D eigenvalue weighted by Crippen LogP contribution is 2.03. The van der Waals surface area contributed by atoms with Gasteiger partial charge in [0.25, 0.3) is 0 Å². The highest BCUT2D eigenvalue weighted by molar-refractivity contribution is 6.72. The summed E-state index contributed by atoms with van der Waals surface area (Å²) in [4.78, 5) is 0. The SMILES string of the molecule is C[Si](C)(C)OCl. The van der Waals surface area contributed by atoms with Crippen LogP contribution in [0.4, 0.5) is 0 Å². The van der Waals surface area contributed by atoms with Crippen molar-refractivity contribution in [3.63, 3.8) is 0 Å². The zero-order valence-corrected chi connectivity index (χ0v) is 6.04. The van der Waals surface area contributed by atoms with Gasteiger partial charge in [-0.2, -0.15) is 0 Å². The van der Waals surface area contributed by atoms with Crippen molar-refractivity contribution in [2.45, 2.75) is 19.6 Å². The summed E-state index contributed by atoms with van der Waals surface area (Å²) in [5.41, 5.74) is 0. The van der Waals surface area contributed by atoms with E-state index in [1.54, 1.807) is 0 Å². The van der Waals surface area contributed by atoms with E-state index in [0.717, 1.165) is 0 Å². The summed E-state index contributed by atoms with van der Waals surface area (Å²) < 4.78 is 4.55. The van der Waals surface area contributed by atoms with Crippen molar-refractivity contribution >= 4 is 20.2 Å². The molecule has 3 heteroatoms. The molecule has 0 aromatic heterocycles. The van der Waals surface area contributed by atoms with Crippen molar-refractivity contribution in [2.75, 3.05) is 0 Å². The summed E-state index contributed by atoms with van der Waals surface area (Å²) in [6, 6.07) is 0. The quantitative estimate of drug-likeness (QED) is 0.486. The summed E-state index contributed by atoms with van der Waals surface area (Å²) >= 11 is 5.04. The van der Waals surface area contributed by atoms with Gasteiger partial charge in [-0.25, -0.2) is 0 Å². The maximum absolute atomic E-state index is 5.04. The molecule has 0 N–H and O–H groups in total. The Hall–Kier alpha value is 0.467. The van der Waals surface area contributed by atoms with Crippen molar-refractivity contribution in [2.24, 2.45) is 0 Å². The molecule has 0 saturated carbocycles. The Morgan fingerprint density at radius 1 is 1.33 bits per heavy atom. The molecule has 0 fully saturated rings. The van der Waals surface area contributed by atoms with Crippen LogP contribution in [0.1, 0.15) is 0 Å². The van der Waals surface area contributed by atoms with E-state index in [1.165, 1.54) is 0 Å². The van der Waals surface area contributed by atoms with Crippen LogP contribution in [0, 0.1) is 0 Å². The van der Waals surface area contributed by atoms with Crippen molar-refractivity contribution in [1.29, 1.82) is 0 Å². The second-order valence-electron chi connectivity index (χ2n) is 2.19. The molecule has 0 unspecified atom stereocenters. The molecule has 0 spiro atoms. The normalized spacial score (nSPS) is 12.0. The van der Waals surface area contributed by atoms with E-state index in [4.69, 9.17) is 11.9 Å². The largest absolute Gasteiger partial charge is 0.325 e. The van der Waals surface area contributed by atoms with Gasteiger partial charge < -0.3 is 3.98 Å². The highest BCUT2D eigenvalue weighted by atomic mass is 35.5. The fraction of sp³-hybridized carbons (Fsp3) is 1.00. The van der Waals surface area contributed by atoms with Crippen LogP contribution < -0.4 is 0 Å². The van der Waals surface area contributed by atoms with Gasteiger partial charge in [0.1, 0.15) is 0 Å². The smallest absolute Gasteiger partial charge is 0.211 e. The summed E-state index contributed by atoms with van der Waals surface area (Å²) in [5.74, 6) is 0. The highest BCUT2D eigenvalue weighted by Gasteiger charge is 2.12. The van der Waals surface area contributed by atoms with E-state index in [9.17, 15) is 0 Å². The number of halogens is 1. The molecule has 0 atom stereocenters. The minimum Gasteiger partial charge on any atom is -0.325 e. The Bertz CT molecular complexity index is 40.5. The molecule has 0 saturated heterocycles. The lowest BCUT2D eigenvalue weighted by atomic mass is 11.8. The van der Waals surface area contributed by atoms with E-state index in [0.29, 0.717) is 0 Å². The first kappa shape index (κ1) is 6.47. The monoisotopic (exact) mass is 124 g/mol. The molecule has 0 aliphatic carbocycles. The maximum Gasteiger partial charge on any atom is 0.211 e. The van der Waals surface area contributed by atoms with Crippen LogP contribution in [0.15, 0.2) is 0 Å². The Morgan fingerprint density at radius 3 is 1.50 bits per heavy atom. The standard InChI is InChI=1S/C3H9ClOSi/c1-6(2,3)5-4/h1-3H3. The van der Waals surface area contributed by atoms with Crippen molar-refractivity contribution in [1.82, 2.24) is 0 Å². The van der Waals surface area contributed by atoms with Crippen LogP contribution in [0.2, 0.25) is 19.6 Å². The number of hydrogen-bond acceptors (Lipinski definition) is 1. The molecule has 0 aliphatic rings. The topological polar surface area (TPSA) is 9.23 Å². The maximum atomic E-state index is 5.04. The Balaban J connectivity index is 3.17. The third-order valence-electron chi connectivity index (χ3n) is 0.231. The lowest BCUT2D eigenvalue weighted by molar-refractivity contribution is 0.623. The first-order valence-corrected chi connectivity index (χ1v) is 5.58. The van der Waals surface area contributed by atoms with Crippen molar-refractivity contribution in [3.8, 4) is 0 Å². The first-order chi connectivity index (χ1) is 2.56. The summed E-state index contributed by atoms with van der Waals surface area (Å²) in [6.07, 6.45) is 0. The average Bonchev–Trinajstić information content (AvgIpc) is 1.35. The zero-order chi connectivity index (χ0) is 5.21. The first-order valence-electron chi connectivity index (χ1n) is 1.86. The predicted molar refractivity (Wildman–Crippen MR) is 30.3 cm³/mol. The minimum atomic E-state index is -1.37. The van der Waals surface area contributed by atoms with Gasteiger partial charge in [0, 0.05) is 11.9 Å². The van der Waals surface area contributed by atoms with E-state index in [1.807, 2.05) is 19.6 Å². The molecule has 0 heterocycles. The second-order valence-corrected chi connectivity index (χ2v) is 7.03. The summed E-state index contributed by atoms with van der Waals surface area (Å²) in [7, 11) is -1.37. The molecular formula is C3H9ClOSi. The van der Waals surface area contributed by atoms with Gasteiger partial charge in [-0.1, -0.05) is 0 Å². The summed E-state index contributed by atoms with van der Waals surface area (Å²) in [6.45, 7) is 6.08. The number of rotatable bonds is 1. The molecule has 38 valence electrons. The lowest BCUT2D eigenvalue weighted by Crippen LogP contribution is -2.19. The van der Waals surface area contributed by atoms with Gasteiger partial charge in [-0.3, -0.25) is 0 Å². The zero-order valence-electron chi connectivity index (χ0n) is 4.29. The number of hydrogen-bond donors (Lipinski definition) is 0. The fourth-order valence-electron chi connectivity index (χ4n) is 0. The predicted octanol–water partition coefficient (Wildman–Crippen LogP) is 1.99. The van der Waals surface area contributed by atoms with E-state index < -0.39 is 8.32 Å². The molecule has 0 aromatic carbocycles. The van der Waals surface area contributed by atoms with Gasteiger partial charge in [0.05, 0.1) is 0 Å². The molecule has 6 heavy (non-hydrogen) atoms. The van der Waals surface area contributed by atoms with Gasteiger partial charge in [-0.15, -0.1) is 0 Å². The average molecular weight is 125 g/mol. The van der Waals surface area contributed by atoms with Crippen molar-refractivity contribution in [3.05, 3.63) is 0 Å². The molecule has 1 nitrogen and oxygen atoms in total. The Labute approximate surface area is 44.6 Å². The molecule has 0 radical (unpaired) electrons. The van der Waals surface area contributed by atoms with Gasteiger partial charge in [-0.05, 0) is 19.6 Å². The van der Waals surface area contributed by atoms with Gasteiger partial charge in [0.15, 0.2) is 0 Å². The molecule has 0 rings (SSSR count). The van der Waals surface area contributed by atoms with E-state index in [-0.39, 0.29) is 0 Å². The molecule has 0 bridgehead atoms. The van der Waals surface area contributed by atoms with Crippen LogP contribution >= 0.6 is 11.9 Å².